The molecule has 5 heteroatoms. The predicted molar refractivity (Wildman–Crippen MR) is 81.0 cm³/mol. The Morgan fingerprint density at radius 3 is 2.45 bits per heavy atom. The molecule has 1 aromatic carbocycles. The number of ether oxygens (including phenoxy) is 1. The number of rotatable bonds is 3. The van der Waals surface area contributed by atoms with E-state index < -0.39 is 6.10 Å². The highest BCUT2D eigenvalue weighted by Gasteiger charge is 2.49. The van der Waals surface area contributed by atoms with Crippen LogP contribution >= 0.6 is 0 Å². The van der Waals surface area contributed by atoms with Crippen LogP contribution in [0.5, 0.6) is 17.5 Å². The summed E-state index contributed by atoms with van der Waals surface area (Å²) in [6.07, 6.45) is 1.06. The van der Waals surface area contributed by atoms with Crippen LogP contribution in [0, 0.1) is 0 Å². The van der Waals surface area contributed by atoms with Gasteiger partial charge in [0, 0.05) is 17.0 Å². The van der Waals surface area contributed by atoms with Gasteiger partial charge in [0.2, 0.25) is 11.8 Å². The van der Waals surface area contributed by atoms with Gasteiger partial charge in [-0.2, -0.15) is 0 Å². The highest BCUT2D eigenvalue weighted by Crippen LogP contribution is 2.60. The molecule has 3 unspecified atom stereocenters. The molecule has 2 bridgehead atoms. The standard InChI is InChI=1S/C17H19NO4/c1-2-22-11-5-3-10(4-6-11)18-16(20)14-9-7-12(13(19)8-9)15(14)17(18)21/h3-6,9,12-13,19-21H,2,7-8H2,1H3. The second kappa shape index (κ2) is 4.68. The third kappa shape index (κ3) is 1.69. The van der Waals surface area contributed by atoms with Gasteiger partial charge in [0.1, 0.15) is 5.75 Å². The number of aliphatic hydroxyl groups is 1. The lowest BCUT2D eigenvalue weighted by molar-refractivity contribution is 0.157. The van der Waals surface area contributed by atoms with Crippen LogP contribution in [0.15, 0.2) is 24.3 Å². The largest absolute Gasteiger partial charge is 0.494 e. The molecule has 2 aromatic rings. The second-order valence-corrected chi connectivity index (χ2v) is 6.08. The van der Waals surface area contributed by atoms with Gasteiger partial charge in [0.05, 0.1) is 18.4 Å². The van der Waals surface area contributed by atoms with E-state index in [0.29, 0.717) is 18.7 Å². The molecule has 0 spiro atoms. The lowest BCUT2D eigenvalue weighted by Gasteiger charge is -2.16. The molecule has 5 nitrogen and oxygen atoms in total. The monoisotopic (exact) mass is 301 g/mol. The lowest BCUT2D eigenvalue weighted by Crippen LogP contribution is -2.13. The molecule has 2 aliphatic carbocycles. The number of aliphatic hydroxyl groups excluding tert-OH is 1. The third-order valence-electron chi connectivity index (χ3n) is 4.91. The normalized spacial score (nSPS) is 25.5. The predicted octanol–water partition coefficient (Wildman–Crippen LogP) is 2.62. The molecule has 116 valence electrons. The Kier molecular flexibility index (Phi) is 2.87. The van der Waals surface area contributed by atoms with Crippen molar-refractivity contribution in [3.63, 3.8) is 0 Å². The molecule has 1 heterocycles. The van der Waals surface area contributed by atoms with E-state index in [9.17, 15) is 15.3 Å². The number of hydrogen-bond donors (Lipinski definition) is 3. The van der Waals surface area contributed by atoms with Gasteiger partial charge < -0.3 is 20.1 Å². The zero-order valence-corrected chi connectivity index (χ0v) is 12.4. The van der Waals surface area contributed by atoms with Gasteiger partial charge in [0.15, 0.2) is 0 Å². The molecule has 3 N–H and O–H groups in total. The molecule has 3 atom stereocenters. The number of aromatic nitrogens is 1. The van der Waals surface area contributed by atoms with Crippen LogP contribution in [0.2, 0.25) is 0 Å². The summed E-state index contributed by atoms with van der Waals surface area (Å²) in [5.41, 5.74) is 2.21. The number of nitrogens with zero attached hydrogens (tertiary/aromatic N) is 1. The highest BCUT2D eigenvalue weighted by molar-refractivity contribution is 5.60. The first-order chi connectivity index (χ1) is 10.6. The van der Waals surface area contributed by atoms with Gasteiger partial charge in [-0.15, -0.1) is 0 Å². The maximum Gasteiger partial charge on any atom is 0.202 e. The Morgan fingerprint density at radius 2 is 1.77 bits per heavy atom. The second-order valence-electron chi connectivity index (χ2n) is 6.08. The third-order valence-corrected chi connectivity index (χ3v) is 4.91. The van der Waals surface area contributed by atoms with Crippen LogP contribution in [0.1, 0.15) is 42.7 Å². The van der Waals surface area contributed by atoms with Gasteiger partial charge in [-0.05, 0) is 49.9 Å². The zero-order chi connectivity index (χ0) is 15.4. The summed E-state index contributed by atoms with van der Waals surface area (Å²) < 4.78 is 6.87. The van der Waals surface area contributed by atoms with Crippen molar-refractivity contribution in [3.8, 4) is 23.2 Å². The van der Waals surface area contributed by atoms with Gasteiger partial charge in [-0.3, -0.25) is 4.57 Å². The van der Waals surface area contributed by atoms with Crippen molar-refractivity contribution in [2.45, 2.75) is 37.7 Å². The number of benzene rings is 1. The summed E-state index contributed by atoms with van der Waals surface area (Å²) in [6, 6.07) is 7.23. The fraction of sp³-hybridized carbons (Fsp3) is 0.412. The maximum atomic E-state index is 10.6. The summed E-state index contributed by atoms with van der Waals surface area (Å²) >= 11 is 0. The molecule has 1 saturated carbocycles. The van der Waals surface area contributed by atoms with E-state index in [0.717, 1.165) is 23.3 Å². The molecule has 0 aliphatic heterocycles. The highest BCUT2D eigenvalue weighted by atomic mass is 16.5. The van der Waals surface area contributed by atoms with Crippen LogP contribution < -0.4 is 4.74 Å². The molecular weight excluding hydrogens is 282 g/mol. The molecule has 1 fully saturated rings. The van der Waals surface area contributed by atoms with Gasteiger partial charge in [-0.25, -0.2) is 0 Å². The minimum absolute atomic E-state index is 0.0444. The van der Waals surface area contributed by atoms with Crippen LogP contribution in [-0.4, -0.2) is 32.6 Å². The molecule has 0 saturated heterocycles. The number of hydrogen-bond acceptors (Lipinski definition) is 4. The molecule has 22 heavy (non-hydrogen) atoms. The number of fused-ring (bicyclic) bond motifs is 5. The zero-order valence-electron chi connectivity index (χ0n) is 12.4. The Morgan fingerprint density at radius 1 is 1.09 bits per heavy atom. The van der Waals surface area contributed by atoms with E-state index in [-0.39, 0.29) is 23.6 Å². The van der Waals surface area contributed by atoms with Crippen LogP contribution in [-0.2, 0) is 0 Å². The lowest BCUT2D eigenvalue weighted by atomic mass is 9.93. The molecule has 0 amide bonds. The molecule has 2 aliphatic rings. The van der Waals surface area contributed by atoms with Gasteiger partial charge in [-0.1, -0.05) is 0 Å². The average Bonchev–Trinajstić information content (AvgIpc) is 3.12. The first kappa shape index (κ1) is 13.5. The van der Waals surface area contributed by atoms with E-state index in [1.807, 2.05) is 19.1 Å². The van der Waals surface area contributed by atoms with E-state index in [1.165, 1.54) is 4.57 Å². The van der Waals surface area contributed by atoms with Gasteiger partial charge >= 0.3 is 0 Å². The Balaban J connectivity index is 1.79. The Bertz CT molecular complexity index is 719. The van der Waals surface area contributed by atoms with Crippen molar-refractivity contribution in [2.24, 2.45) is 0 Å². The topological polar surface area (TPSA) is 74.9 Å². The van der Waals surface area contributed by atoms with E-state index in [2.05, 4.69) is 0 Å². The first-order valence-electron chi connectivity index (χ1n) is 7.69. The van der Waals surface area contributed by atoms with Crippen molar-refractivity contribution in [3.05, 3.63) is 35.4 Å². The SMILES string of the molecule is CCOc1ccc(-n2c(O)c3c(c2O)C2CC3CC2O)cc1. The van der Waals surface area contributed by atoms with E-state index in [1.54, 1.807) is 12.1 Å². The van der Waals surface area contributed by atoms with Gasteiger partial charge in [0.25, 0.3) is 0 Å². The fourth-order valence-corrected chi connectivity index (χ4v) is 4.01. The summed E-state index contributed by atoms with van der Waals surface area (Å²) in [7, 11) is 0. The number of aromatic hydroxyl groups is 2. The van der Waals surface area contributed by atoms with Crippen molar-refractivity contribution in [2.75, 3.05) is 6.61 Å². The summed E-state index contributed by atoms with van der Waals surface area (Å²) in [5, 5.41) is 31.2. The minimum atomic E-state index is -0.418. The van der Waals surface area contributed by atoms with Crippen LogP contribution in [0.3, 0.4) is 0 Å². The van der Waals surface area contributed by atoms with Crippen molar-refractivity contribution in [1.29, 1.82) is 0 Å². The van der Waals surface area contributed by atoms with Crippen molar-refractivity contribution < 1.29 is 20.1 Å². The smallest absolute Gasteiger partial charge is 0.202 e. The minimum Gasteiger partial charge on any atom is -0.494 e. The van der Waals surface area contributed by atoms with Crippen molar-refractivity contribution >= 4 is 0 Å². The summed E-state index contributed by atoms with van der Waals surface area (Å²) in [4.78, 5) is 0. The Hall–Kier alpha value is -2.14. The van der Waals surface area contributed by atoms with E-state index >= 15 is 0 Å². The van der Waals surface area contributed by atoms with Crippen LogP contribution in [0.25, 0.3) is 5.69 Å². The maximum absolute atomic E-state index is 10.6. The quantitative estimate of drug-likeness (QED) is 0.814. The fourth-order valence-electron chi connectivity index (χ4n) is 4.01. The molecule has 1 aromatic heterocycles. The molecule has 0 radical (unpaired) electrons. The Labute approximate surface area is 128 Å². The molecule has 4 rings (SSSR count). The van der Waals surface area contributed by atoms with Crippen LogP contribution in [0.4, 0.5) is 0 Å². The summed E-state index contributed by atoms with van der Waals surface area (Å²) in [6.45, 7) is 2.51. The average molecular weight is 301 g/mol. The first-order valence-corrected chi connectivity index (χ1v) is 7.69. The van der Waals surface area contributed by atoms with Crippen molar-refractivity contribution in [1.82, 2.24) is 4.57 Å². The van der Waals surface area contributed by atoms with E-state index in [4.69, 9.17) is 4.74 Å². The summed E-state index contributed by atoms with van der Waals surface area (Å²) in [5.74, 6) is 0.971. The molecular formula is C17H19NO4.